The average molecular weight is 408 g/mol. The highest BCUT2D eigenvalue weighted by atomic mass is 32.2. The van der Waals surface area contributed by atoms with Crippen molar-refractivity contribution in [3.05, 3.63) is 63.7 Å². The molecule has 4 rings (SSSR count). The monoisotopic (exact) mass is 407 g/mol. The van der Waals surface area contributed by atoms with Gasteiger partial charge >= 0.3 is 0 Å². The van der Waals surface area contributed by atoms with Gasteiger partial charge < -0.3 is 4.57 Å². The Bertz CT molecular complexity index is 1250. The van der Waals surface area contributed by atoms with Crippen LogP contribution in [-0.2, 0) is 24.0 Å². The fraction of sp³-hybridized carbons (Fsp3) is 0.348. The zero-order chi connectivity index (χ0) is 20.9. The molecule has 0 aliphatic carbocycles. The third-order valence-electron chi connectivity index (χ3n) is 5.24. The van der Waals surface area contributed by atoms with Crippen molar-refractivity contribution in [2.24, 2.45) is 4.40 Å². The second kappa shape index (κ2) is 7.02. The van der Waals surface area contributed by atoms with E-state index in [0.717, 1.165) is 39.9 Å². The highest BCUT2D eigenvalue weighted by Crippen LogP contribution is 2.31. The summed E-state index contributed by atoms with van der Waals surface area (Å²) in [6.45, 7) is 10.2. The van der Waals surface area contributed by atoms with Crippen molar-refractivity contribution in [1.82, 2.24) is 9.55 Å². The lowest BCUT2D eigenvalue weighted by molar-refractivity contribution is 0.650. The summed E-state index contributed by atoms with van der Waals surface area (Å²) in [5.41, 5.74) is 5.41. The molecule has 6 heteroatoms. The molecule has 0 spiro atoms. The predicted molar refractivity (Wildman–Crippen MR) is 120 cm³/mol. The van der Waals surface area contributed by atoms with Crippen LogP contribution < -0.4 is 5.56 Å². The first kappa shape index (κ1) is 19.7. The minimum Gasteiger partial charge on any atom is -0.307 e. The molecule has 150 valence electrons. The summed E-state index contributed by atoms with van der Waals surface area (Å²) in [5.74, 6) is 0. The number of nitrogens with zero attached hydrogens (tertiary/aromatic N) is 3. The Balaban J connectivity index is 2.01. The van der Waals surface area contributed by atoms with Crippen molar-refractivity contribution >= 4 is 27.5 Å². The first-order valence-electron chi connectivity index (χ1n) is 9.77. The second-order valence-electron chi connectivity index (χ2n) is 8.55. The fourth-order valence-electron chi connectivity index (χ4n) is 3.74. The molecule has 0 bridgehead atoms. The van der Waals surface area contributed by atoms with E-state index < -0.39 is 15.7 Å². The summed E-state index contributed by atoms with van der Waals surface area (Å²) in [6, 6.07) is 9.93. The van der Waals surface area contributed by atoms with Crippen molar-refractivity contribution in [2.75, 3.05) is 0 Å². The van der Waals surface area contributed by atoms with Gasteiger partial charge in [-0.15, -0.1) is 0 Å². The van der Waals surface area contributed by atoms with Gasteiger partial charge in [-0.05, 0) is 75.9 Å². The minimum atomic E-state index is -1.37. The quantitative estimate of drug-likeness (QED) is 0.598. The van der Waals surface area contributed by atoms with Crippen LogP contribution in [0.3, 0.4) is 0 Å². The molecule has 0 saturated heterocycles. The van der Waals surface area contributed by atoms with E-state index in [-0.39, 0.29) is 5.56 Å². The van der Waals surface area contributed by atoms with Crippen molar-refractivity contribution in [3.63, 3.8) is 0 Å². The number of pyridine rings is 2. The zero-order valence-electron chi connectivity index (χ0n) is 17.4. The Kier molecular flexibility index (Phi) is 4.77. The van der Waals surface area contributed by atoms with E-state index in [4.69, 9.17) is 0 Å². The summed E-state index contributed by atoms with van der Waals surface area (Å²) in [5, 5.41) is 1.52. The smallest absolute Gasteiger partial charge is 0.258 e. The van der Waals surface area contributed by atoms with E-state index in [1.54, 1.807) is 6.20 Å². The number of fused-ring (bicyclic) bond motifs is 4. The van der Waals surface area contributed by atoms with Gasteiger partial charge in [-0.1, -0.05) is 0 Å². The number of aromatic nitrogens is 2. The normalized spacial score (nSPS) is 15.1. The van der Waals surface area contributed by atoms with Gasteiger partial charge in [-0.2, -0.15) is 4.40 Å². The molecule has 5 nitrogen and oxygen atoms in total. The Hall–Kier alpha value is -2.60. The molecule has 0 unspecified atom stereocenters. The maximum Gasteiger partial charge on any atom is 0.258 e. The van der Waals surface area contributed by atoms with Crippen LogP contribution in [0.4, 0.5) is 0 Å². The van der Waals surface area contributed by atoms with E-state index in [2.05, 4.69) is 15.4 Å². The molecule has 1 aliphatic rings. The molecule has 0 amide bonds. The number of rotatable bonds is 2. The Labute approximate surface area is 173 Å². The molecule has 2 aromatic heterocycles. The van der Waals surface area contributed by atoms with E-state index in [1.165, 1.54) is 0 Å². The van der Waals surface area contributed by atoms with Gasteiger partial charge in [0, 0.05) is 35.7 Å². The number of hydrogen-bond donors (Lipinski definition) is 0. The molecule has 29 heavy (non-hydrogen) atoms. The van der Waals surface area contributed by atoms with Crippen LogP contribution in [0.15, 0.2) is 45.7 Å². The lowest BCUT2D eigenvalue weighted by Gasteiger charge is -2.22. The number of aryl methyl sites for hydroxylation is 2. The summed E-state index contributed by atoms with van der Waals surface area (Å²) < 4.78 is 18.4. The van der Waals surface area contributed by atoms with Crippen LogP contribution in [-0.4, -0.2) is 24.2 Å². The zero-order valence-corrected chi connectivity index (χ0v) is 18.3. The third kappa shape index (κ3) is 3.46. The molecule has 0 fully saturated rings. The molecule has 0 N–H and O–H groups in total. The summed E-state index contributed by atoms with van der Waals surface area (Å²) in [6.07, 6.45) is 2.54. The minimum absolute atomic E-state index is 0.00157. The Morgan fingerprint density at radius 1 is 1.21 bits per heavy atom. The maximum absolute atomic E-state index is 13.3. The molecule has 1 aliphatic heterocycles. The lowest BCUT2D eigenvalue weighted by Crippen LogP contribution is -2.27. The molecular weight excluding hydrogens is 382 g/mol. The van der Waals surface area contributed by atoms with E-state index in [1.807, 2.05) is 63.5 Å². The average Bonchev–Trinajstić information content (AvgIpc) is 2.67. The van der Waals surface area contributed by atoms with Crippen molar-refractivity contribution in [3.8, 4) is 11.3 Å². The third-order valence-corrected chi connectivity index (χ3v) is 6.73. The van der Waals surface area contributed by atoms with Crippen LogP contribution in [0.2, 0.25) is 0 Å². The van der Waals surface area contributed by atoms with Crippen molar-refractivity contribution < 1.29 is 4.21 Å². The van der Waals surface area contributed by atoms with E-state index >= 15 is 0 Å². The van der Waals surface area contributed by atoms with E-state index in [9.17, 15) is 9.00 Å². The van der Waals surface area contributed by atoms with Crippen LogP contribution in [0.25, 0.3) is 22.0 Å². The molecule has 3 heterocycles. The van der Waals surface area contributed by atoms with Crippen LogP contribution in [0, 0.1) is 6.92 Å². The predicted octanol–water partition coefficient (Wildman–Crippen LogP) is 4.20. The van der Waals surface area contributed by atoms with Gasteiger partial charge in [0.05, 0.1) is 21.8 Å². The second-order valence-corrected chi connectivity index (χ2v) is 10.5. The number of benzene rings is 1. The largest absolute Gasteiger partial charge is 0.307 e. The Morgan fingerprint density at radius 2 is 1.97 bits per heavy atom. The van der Waals surface area contributed by atoms with Gasteiger partial charge in [0.1, 0.15) is 11.0 Å². The highest BCUT2D eigenvalue weighted by Gasteiger charge is 2.22. The first-order valence-corrected chi connectivity index (χ1v) is 10.9. The van der Waals surface area contributed by atoms with Gasteiger partial charge in [-0.25, -0.2) is 4.21 Å². The van der Waals surface area contributed by atoms with Crippen LogP contribution in [0.1, 0.15) is 44.5 Å². The first-order chi connectivity index (χ1) is 13.7. The Morgan fingerprint density at radius 3 is 2.69 bits per heavy atom. The topological polar surface area (TPSA) is 64.3 Å². The number of hydrogen-bond acceptors (Lipinski definition) is 3. The highest BCUT2D eigenvalue weighted by molar-refractivity contribution is 7.85. The lowest BCUT2D eigenvalue weighted by atomic mass is 9.95. The van der Waals surface area contributed by atoms with Gasteiger partial charge in [-0.3, -0.25) is 9.78 Å². The molecule has 0 saturated carbocycles. The van der Waals surface area contributed by atoms with Gasteiger partial charge in [0.2, 0.25) is 0 Å². The van der Waals surface area contributed by atoms with Gasteiger partial charge in [0.25, 0.3) is 5.56 Å². The molecular formula is C23H25N3O2S. The summed E-state index contributed by atoms with van der Waals surface area (Å²) >= 11 is 0. The van der Waals surface area contributed by atoms with Crippen LogP contribution >= 0.6 is 0 Å². The molecule has 1 atom stereocenters. The van der Waals surface area contributed by atoms with E-state index in [0.29, 0.717) is 17.6 Å². The van der Waals surface area contributed by atoms with Crippen molar-refractivity contribution in [1.29, 1.82) is 0 Å². The SMILES string of the molecule is C/C(=N\[S@](=O)C(C)(C)C)c1cc(C)cc2c(=O)n3c(cc12)-c1cccnc1CC3. The summed E-state index contributed by atoms with van der Waals surface area (Å²) in [7, 11) is -1.37. The maximum atomic E-state index is 13.3. The summed E-state index contributed by atoms with van der Waals surface area (Å²) in [4.78, 5) is 17.8. The molecule has 0 radical (unpaired) electrons. The molecule has 1 aromatic carbocycles. The fourth-order valence-corrected chi connectivity index (χ4v) is 4.36. The molecule has 3 aromatic rings. The van der Waals surface area contributed by atoms with Gasteiger partial charge in [0.15, 0.2) is 0 Å². The standard InChI is InChI=1S/C23H25N3O2S/c1-14-11-17(15(2)25-29(28)23(3,4)5)18-13-21-16-7-6-9-24-20(16)8-10-26(21)22(27)19(18)12-14/h6-7,9,11-13H,8,10H2,1-5H3/b25-15+/t29-/m1/s1. The van der Waals surface area contributed by atoms with Crippen molar-refractivity contribution in [2.45, 2.75) is 52.3 Å². The van der Waals surface area contributed by atoms with Crippen LogP contribution in [0.5, 0.6) is 0 Å².